The molecule has 0 aliphatic carbocycles. The molecule has 0 amide bonds. The summed E-state index contributed by atoms with van der Waals surface area (Å²) in [7, 11) is 0. The van der Waals surface area contributed by atoms with Gasteiger partial charge >= 0.3 is 5.97 Å². The van der Waals surface area contributed by atoms with Gasteiger partial charge in [0.25, 0.3) is 0 Å². The van der Waals surface area contributed by atoms with E-state index in [1.54, 1.807) is 26.0 Å². The summed E-state index contributed by atoms with van der Waals surface area (Å²) >= 11 is 0. The third kappa shape index (κ3) is 5.21. The van der Waals surface area contributed by atoms with Crippen LogP contribution < -0.4 is 4.74 Å². The minimum Gasteiger partial charge on any atom is -0.487 e. The topological polar surface area (TPSA) is 66.8 Å². The SMILES string of the molecule is CC(C)=CCCC(C)=CCc1cc(C(=O)O)cc2c1OC(C(C)(C)O)C2. The largest absolute Gasteiger partial charge is 0.487 e. The predicted molar refractivity (Wildman–Crippen MR) is 104 cm³/mol. The Morgan fingerprint density at radius 3 is 2.54 bits per heavy atom. The minimum atomic E-state index is -0.976. The van der Waals surface area contributed by atoms with Crippen LogP contribution in [0.5, 0.6) is 5.75 Å². The number of allylic oxidation sites excluding steroid dienone is 4. The van der Waals surface area contributed by atoms with Crippen molar-refractivity contribution in [1.29, 1.82) is 0 Å². The van der Waals surface area contributed by atoms with Gasteiger partial charge in [-0.1, -0.05) is 23.3 Å². The number of rotatable bonds is 7. The number of carbonyl (C=O) groups is 1. The molecule has 1 aliphatic heterocycles. The summed E-state index contributed by atoms with van der Waals surface area (Å²) in [6, 6.07) is 3.35. The number of aliphatic hydroxyl groups is 1. The molecule has 142 valence electrons. The van der Waals surface area contributed by atoms with E-state index in [4.69, 9.17) is 4.74 Å². The van der Waals surface area contributed by atoms with Crippen molar-refractivity contribution < 1.29 is 19.7 Å². The van der Waals surface area contributed by atoms with Gasteiger partial charge < -0.3 is 14.9 Å². The number of hydrogen-bond donors (Lipinski definition) is 2. The Morgan fingerprint density at radius 1 is 1.27 bits per heavy atom. The highest BCUT2D eigenvalue weighted by Crippen LogP contribution is 2.37. The van der Waals surface area contributed by atoms with Crippen LogP contribution in [0.4, 0.5) is 0 Å². The zero-order valence-electron chi connectivity index (χ0n) is 16.4. The lowest BCUT2D eigenvalue weighted by Crippen LogP contribution is -2.39. The molecule has 0 radical (unpaired) electrons. The van der Waals surface area contributed by atoms with Crippen molar-refractivity contribution in [3.05, 3.63) is 52.1 Å². The van der Waals surface area contributed by atoms with Crippen molar-refractivity contribution in [3.63, 3.8) is 0 Å². The van der Waals surface area contributed by atoms with Gasteiger partial charge in [0.2, 0.25) is 0 Å². The quantitative estimate of drug-likeness (QED) is 0.694. The molecule has 0 saturated heterocycles. The van der Waals surface area contributed by atoms with Gasteiger partial charge in [-0.2, -0.15) is 0 Å². The predicted octanol–water partition coefficient (Wildman–Crippen LogP) is 4.69. The van der Waals surface area contributed by atoms with Crippen molar-refractivity contribution in [2.75, 3.05) is 0 Å². The van der Waals surface area contributed by atoms with E-state index in [0.29, 0.717) is 12.8 Å². The van der Waals surface area contributed by atoms with Crippen LogP contribution in [0.3, 0.4) is 0 Å². The summed E-state index contributed by atoms with van der Waals surface area (Å²) in [5, 5.41) is 19.7. The summed E-state index contributed by atoms with van der Waals surface area (Å²) < 4.78 is 6.00. The van der Waals surface area contributed by atoms with Crippen molar-refractivity contribution in [2.45, 2.75) is 72.0 Å². The Labute approximate surface area is 156 Å². The first-order valence-electron chi connectivity index (χ1n) is 9.15. The molecule has 0 saturated carbocycles. The molecule has 4 heteroatoms. The van der Waals surface area contributed by atoms with Gasteiger partial charge in [0.1, 0.15) is 11.9 Å². The molecule has 1 aromatic rings. The monoisotopic (exact) mass is 358 g/mol. The first-order chi connectivity index (χ1) is 12.1. The Morgan fingerprint density at radius 2 is 1.96 bits per heavy atom. The first-order valence-corrected chi connectivity index (χ1v) is 9.15. The molecular weight excluding hydrogens is 328 g/mol. The zero-order chi connectivity index (χ0) is 19.5. The minimum absolute atomic E-state index is 0.273. The highest BCUT2D eigenvalue weighted by Gasteiger charge is 2.36. The Hall–Kier alpha value is -2.07. The Bertz CT molecular complexity index is 731. The fraction of sp³-hybridized carbons (Fsp3) is 0.500. The summed E-state index contributed by atoms with van der Waals surface area (Å²) in [4.78, 5) is 11.5. The second-order valence-corrected chi connectivity index (χ2v) is 7.97. The number of carboxylic acids is 1. The number of ether oxygens (including phenoxy) is 1. The molecule has 1 aliphatic rings. The van der Waals surface area contributed by atoms with Crippen LogP contribution in [0, 0.1) is 0 Å². The van der Waals surface area contributed by atoms with Gasteiger partial charge in [-0.25, -0.2) is 4.79 Å². The second kappa shape index (κ2) is 8.09. The van der Waals surface area contributed by atoms with Crippen LogP contribution in [0.2, 0.25) is 0 Å². The van der Waals surface area contributed by atoms with E-state index in [2.05, 4.69) is 32.9 Å². The highest BCUT2D eigenvalue weighted by molar-refractivity contribution is 5.88. The maximum absolute atomic E-state index is 11.5. The van der Waals surface area contributed by atoms with E-state index in [0.717, 1.165) is 29.7 Å². The molecule has 0 aromatic heterocycles. The maximum Gasteiger partial charge on any atom is 0.335 e. The standard InChI is InChI=1S/C22H30O4/c1-14(2)7-6-8-15(3)9-10-16-11-18(21(23)24)12-17-13-19(22(4,5)25)26-20(16)17/h7,9,11-12,19,25H,6,8,10,13H2,1-5H3,(H,23,24). The van der Waals surface area contributed by atoms with Gasteiger partial charge in [-0.15, -0.1) is 0 Å². The number of carboxylic acid groups (broad SMARTS) is 1. The Kier molecular flexibility index (Phi) is 6.30. The lowest BCUT2D eigenvalue weighted by Gasteiger charge is -2.24. The summed E-state index contributed by atoms with van der Waals surface area (Å²) in [5.74, 6) is -0.208. The van der Waals surface area contributed by atoms with Gasteiger partial charge in [0.15, 0.2) is 0 Å². The molecule has 0 fully saturated rings. The van der Waals surface area contributed by atoms with E-state index in [-0.39, 0.29) is 11.7 Å². The van der Waals surface area contributed by atoms with Crippen molar-refractivity contribution in [1.82, 2.24) is 0 Å². The first kappa shape index (κ1) is 20.2. The third-order valence-corrected chi connectivity index (χ3v) is 4.70. The number of fused-ring (bicyclic) bond motifs is 1. The average Bonchev–Trinajstić information content (AvgIpc) is 2.96. The fourth-order valence-corrected chi connectivity index (χ4v) is 3.08. The number of aromatic carboxylic acids is 1. The Balaban J connectivity index is 2.23. The van der Waals surface area contributed by atoms with E-state index in [9.17, 15) is 15.0 Å². The lowest BCUT2D eigenvalue weighted by atomic mass is 9.95. The van der Waals surface area contributed by atoms with Crippen LogP contribution in [-0.4, -0.2) is 27.9 Å². The summed E-state index contributed by atoms with van der Waals surface area (Å²) in [5.41, 5.74) is 3.62. The number of hydrogen-bond acceptors (Lipinski definition) is 3. The van der Waals surface area contributed by atoms with Gasteiger partial charge in [-0.3, -0.25) is 0 Å². The van der Waals surface area contributed by atoms with E-state index < -0.39 is 11.6 Å². The van der Waals surface area contributed by atoms with E-state index in [1.165, 1.54) is 11.1 Å². The van der Waals surface area contributed by atoms with Crippen LogP contribution >= 0.6 is 0 Å². The highest BCUT2D eigenvalue weighted by atomic mass is 16.5. The zero-order valence-corrected chi connectivity index (χ0v) is 16.4. The van der Waals surface area contributed by atoms with Crippen LogP contribution in [0.25, 0.3) is 0 Å². The van der Waals surface area contributed by atoms with Crippen molar-refractivity contribution >= 4 is 5.97 Å². The average molecular weight is 358 g/mol. The normalized spacial score (nSPS) is 16.8. The lowest BCUT2D eigenvalue weighted by molar-refractivity contribution is -0.0231. The van der Waals surface area contributed by atoms with Crippen LogP contribution in [0.15, 0.2) is 35.4 Å². The molecule has 2 N–H and O–H groups in total. The fourth-order valence-electron chi connectivity index (χ4n) is 3.08. The molecular formula is C22H30O4. The van der Waals surface area contributed by atoms with Gasteiger partial charge in [0.05, 0.1) is 11.2 Å². The summed E-state index contributed by atoms with van der Waals surface area (Å²) in [6.45, 7) is 9.72. The van der Waals surface area contributed by atoms with Gasteiger partial charge in [0, 0.05) is 6.42 Å². The van der Waals surface area contributed by atoms with Gasteiger partial charge in [-0.05, 0) is 77.1 Å². The van der Waals surface area contributed by atoms with Crippen molar-refractivity contribution in [3.8, 4) is 5.75 Å². The molecule has 1 heterocycles. The molecule has 0 bridgehead atoms. The second-order valence-electron chi connectivity index (χ2n) is 7.97. The van der Waals surface area contributed by atoms with Crippen LogP contribution in [-0.2, 0) is 12.8 Å². The molecule has 2 rings (SSSR count). The maximum atomic E-state index is 11.5. The van der Waals surface area contributed by atoms with E-state index in [1.807, 2.05) is 0 Å². The molecule has 1 unspecified atom stereocenters. The smallest absolute Gasteiger partial charge is 0.335 e. The summed E-state index contributed by atoms with van der Waals surface area (Å²) in [6.07, 6.45) is 7.15. The van der Waals surface area contributed by atoms with Crippen molar-refractivity contribution in [2.24, 2.45) is 0 Å². The third-order valence-electron chi connectivity index (χ3n) is 4.70. The number of benzene rings is 1. The molecule has 1 aromatic carbocycles. The molecule has 1 atom stereocenters. The van der Waals surface area contributed by atoms with E-state index >= 15 is 0 Å². The molecule has 26 heavy (non-hydrogen) atoms. The van der Waals surface area contributed by atoms with Crippen LogP contribution in [0.1, 0.15) is 68.9 Å². The molecule has 0 spiro atoms. The molecule has 4 nitrogen and oxygen atoms in total.